The van der Waals surface area contributed by atoms with Crippen molar-refractivity contribution in [1.82, 2.24) is 10.2 Å². The van der Waals surface area contributed by atoms with Gasteiger partial charge >= 0.3 is 0 Å². The molecule has 0 radical (unpaired) electrons. The molecule has 0 aliphatic carbocycles. The Labute approximate surface area is 87.8 Å². The molecule has 0 amide bonds. The van der Waals surface area contributed by atoms with E-state index >= 15 is 0 Å². The van der Waals surface area contributed by atoms with E-state index in [9.17, 15) is 0 Å². The third kappa shape index (κ3) is 3.56. The van der Waals surface area contributed by atoms with Gasteiger partial charge in [0.2, 0.25) is 0 Å². The van der Waals surface area contributed by atoms with Crippen LogP contribution in [-0.4, -0.2) is 50.8 Å². The number of methoxy groups -OCH3 is 1. The predicted octanol–water partition coefficient (Wildman–Crippen LogP) is 1.10. The van der Waals surface area contributed by atoms with Crippen molar-refractivity contribution < 1.29 is 4.74 Å². The monoisotopic (exact) mass is 200 g/mol. The van der Waals surface area contributed by atoms with Crippen molar-refractivity contribution in [2.45, 2.75) is 38.3 Å². The SMILES string of the molecule is CCC(CN1CCC(OC)CC1)NC. The minimum absolute atomic E-state index is 0.501. The molecule has 0 aromatic carbocycles. The van der Waals surface area contributed by atoms with Crippen molar-refractivity contribution in [1.29, 1.82) is 0 Å². The molecule has 1 heterocycles. The summed E-state index contributed by atoms with van der Waals surface area (Å²) in [6.45, 7) is 5.81. The van der Waals surface area contributed by atoms with E-state index in [0.717, 1.165) is 0 Å². The zero-order chi connectivity index (χ0) is 10.4. The van der Waals surface area contributed by atoms with Crippen LogP contribution in [0.5, 0.6) is 0 Å². The number of likely N-dealkylation sites (N-methyl/N-ethyl adjacent to an activating group) is 1. The van der Waals surface area contributed by atoms with Crippen LogP contribution in [0.1, 0.15) is 26.2 Å². The summed E-state index contributed by atoms with van der Waals surface area (Å²) in [6.07, 6.45) is 4.09. The van der Waals surface area contributed by atoms with Crippen LogP contribution >= 0.6 is 0 Å². The molecule has 0 aromatic heterocycles. The molecule has 0 aromatic rings. The largest absolute Gasteiger partial charge is 0.381 e. The third-order valence-corrected chi connectivity index (χ3v) is 3.25. The highest BCUT2D eigenvalue weighted by atomic mass is 16.5. The van der Waals surface area contributed by atoms with Crippen molar-refractivity contribution in [3.8, 4) is 0 Å². The highest BCUT2D eigenvalue weighted by molar-refractivity contribution is 4.76. The molecule has 3 nitrogen and oxygen atoms in total. The summed E-state index contributed by atoms with van der Waals surface area (Å²) in [5.41, 5.74) is 0. The van der Waals surface area contributed by atoms with Crippen molar-refractivity contribution in [2.24, 2.45) is 0 Å². The topological polar surface area (TPSA) is 24.5 Å². The minimum Gasteiger partial charge on any atom is -0.381 e. The minimum atomic E-state index is 0.501. The van der Waals surface area contributed by atoms with Gasteiger partial charge in [0.15, 0.2) is 0 Å². The number of rotatable bonds is 5. The normalized spacial score (nSPS) is 22.5. The first-order chi connectivity index (χ1) is 6.80. The van der Waals surface area contributed by atoms with Crippen molar-refractivity contribution in [3.63, 3.8) is 0 Å². The van der Waals surface area contributed by atoms with Gasteiger partial charge in [-0.15, -0.1) is 0 Å². The Morgan fingerprint density at radius 2 is 2.07 bits per heavy atom. The maximum Gasteiger partial charge on any atom is 0.0595 e. The Kier molecular flexibility index (Phi) is 5.45. The molecule has 1 saturated heterocycles. The lowest BCUT2D eigenvalue weighted by Gasteiger charge is -2.33. The van der Waals surface area contributed by atoms with Crippen molar-refractivity contribution in [3.05, 3.63) is 0 Å². The van der Waals surface area contributed by atoms with Crippen LogP contribution in [0.25, 0.3) is 0 Å². The molecule has 1 fully saturated rings. The Morgan fingerprint density at radius 3 is 2.50 bits per heavy atom. The molecular weight excluding hydrogens is 176 g/mol. The first-order valence-electron chi connectivity index (χ1n) is 5.72. The highest BCUT2D eigenvalue weighted by Crippen LogP contribution is 2.13. The third-order valence-electron chi connectivity index (χ3n) is 3.25. The van der Waals surface area contributed by atoms with Crippen LogP contribution in [-0.2, 0) is 4.74 Å². The predicted molar refractivity (Wildman–Crippen MR) is 59.6 cm³/mol. The molecule has 1 N–H and O–H groups in total. The quantitative estimate of drug-likeness (QED) is 0.719. The maximum absolute atomic E-state index is 5.35. The molecule has 1 atom stereocenters. The number of nitrogens with one attached hydrogen (secondary N) is 1. The smallest absolute Gasteiger partial charge is 0.0595 e. The summed E-state index contributed by atoms with van der Waals surface area (Å²) < 4.78 is 5.35. The second kappa shape index (κ2) is 6.38. The second-order valence-electron chi connectivity index (χ2n) is 4.13. The van der Waals surface area contributed by atoms with E-state index in [2.05, 4.69) is 24.2 Å². The number of hydrogen-bond donors (Lipinski definition) is 1. The fourth-order valence-corrected chi connectivity index (χ4v) is 2.06. The number of likely N-dealkylation sites (tertiary alicyclic amines) is 1. The Hall–Kier alpha value is -0.120. The molecule has 1 rings (SSSR count). The highest BCUT2D eigenvalue weighted by Gasteiger charge is 2.19. The fraction of sp³-hybridized carbons (Fsp3) is 1.00. The molecule has 0 bridgehead atoms. The molecule has 1 unspecified atom stereocenters. The molecule has 0 saturated carbocycles. The molecule has 3 heteroatoms. The van der Waals surface area contributed by atoms with Crippen LogP contribution in [0, 0.1) is 0 Å². The van der Waals surface area contributed by atoms with Crippen molar-refractivity contribution >= 4 is 0 Å². The van der Waals surface area contributed by atoms with Gasteiger partial charge in [-0.05, 0) is 26.3 Å². The molecule has 1 aliphatic heterocycles. The van der Waals surface area contributed by atoms with Crippen LogP contribution in [0.2, 0.25) is 0 Å². The average Bonchev–Trinajstić information content (AvgIpc) is 2.26. The van der Waals surface area contributed by atoms with Crippen LogP contribution in [0.3, 0.4) is 0 Å². The second-order valence-corrected chi connectivity index (χ2v) is 4.13. The molecule has 14 heavy (non-hydrogen) atoms. The van der Waals surface area contributed by atoms with Gasteiger partial charge in [-0.3, -0.25) is 0 Å². The Balaban J connectivity index is 2.21. The lowest BCUT2D eigenvalue weighted by molar-refractivity contribution is 0.0385. The van der Waals surface area contributed by atoms with Gasteiger partial charge in [0.1, 0.15) is 0 Å². The summed E-state index contributed by atoms with van der Waals surface area (Å²) in [4.78, 5) is 2.54. The van der Waals surface area contributed by atoms with Gasteiger partial charge in [0.25, 0.3) is 0 Å². The van der Waals surface area contributed by atoms with Gasteiger partial charge in [0.05, 0.1) is 6.10 Å². The lowest BCUT2D eigenvalue weighted by atomic mass is 10.1. The van der Waals surface area contributed by atoms with Gasteiger partial charge in [-0.2, -0.15) is 0 Å². The van der Waals surface area contributed by atoms with Gasteiger partial charge in [-0.1, -0.05) is 6.92 Å². The Morgan fingerprint density at radius 1 is 1.43 bits per heavy atom. The van der Waals surface area contributed by atoms with Crippen LogP contribution in [0.15, 0.2) is 0 Å². The van der Waals surface area contributed by atoms with Gasteiger partial charge < -0.3 is 15.0 Å². The van der Waals surface area contributed by atoms with E-state index in [1.54, 1.807) is 0 Å². The van der Waals surface area contributed by atoms with Crippen LogP contribution < -0.4 is 5.32 Å². The fourth-order valence-electron chi connectivity index (χ4n) is 2.06. The van der Waals surface area contributed by atoms with Gasteiger partial charge in [-0.25, -0.2) is 0 Å². The van der Waals surface area contributed by atoms with E-state index in [4.69, 9.17) is 4.74 Å². The van der Waals surface area contributed by atoms with Crippen molar-refractivity contribution in [2.75, 3.05) is 33.8 Å². The molecular formula is C11H24N2O. The number of piperidine rings is 1. The van der Waals surface area contributed by atoms with E-state index in [-0.39, 0.29) is 0 Å². The number of ether oxygens (including phenoxy) is 1. The zero-order valence-corrected chi connectivity index (χ0v) is 9.75. The van der Waals surface area contributed by atoms with E-state index in [1.807, 2.05) is 7.11 Å². The first kappa shape index (κ1) is 12.0. The first-order valence-corrected chi connectivity index (χ1v) is 5.72. The molecule has 0 spiro atoms. The molecule has 1 aliphatic rings. The lowest BCUT2D eigenvalue weighted by Crippen LogP contribution is -2.44. The summed E-state index contributed by atoms with van der Waals surface area (Å²) in [5, 5.41) is 3.35. The average molecular weight is 200 g/mol. The Bertz CT molecular complexity index is 140. The standard InChI is InChI=1S/C11H24N2O/c1-4-10(12-2)9-13-7-5-11(14-3)6-8-13/h10-12H,4-9H2,1-3H3. The van der Waals surface area contributed by atoms with Crippen LogP contribution in [0.4, 0.5) is 0 Å². The van der Waals surface area contributed by atoms with E-state index in [1.165, 1.54) is 38.9 Å². The maximum atomic E-state index is 5.35. The van der Waals surface area contributed by atoms with E-state index < -0.39 is 0 Å². The zero-order valence-electron chi connectivity index (χ0n) is 9.75. The molecule has 84 valence electrons. The van der Waals surface area contributed by atoms with Gasteiger partial charge in [0, 0.05) is 32.8 Å². The summed E-state index contributed by atoms with van der Waals surface area (Å²) >= 11 is 0. The number of hydrogen-bond acceptors (Lipinski definition) is 3. The van der Waals surface area contributed by atoms with E-state index in [0.29, 0.717) is 12.1 Å². The number of nitrogens with zero attached hydrogens (tertiary/aromatic N) is 1. The summed E-state index contributed by atoms with van der Waals surface area (Å²) in [5.74, 6) is 0. The summed E-state index contributed by atoms with van der Waals surface area (Å²) in [6, 6.07) is 0.647. The summed E-state index contributed by atoms with van der Waals surface area (Å²) in [7, 11) is 3.87.